The van der Waals surface area contributed by atoms with Crippen LogP contribution in [0.5, 0.6) is 0 Å². The maximum atomic E-state index is 12.4. The van der Waals surface area contributed by atoms with E-state index in [-0.39, 0.29) is 0 Å². The highest BCUT2D eigenvalue weighted by Crippen LogP contribution is 2.23. The topological polar surface area (TPSA) is 136 Å². The molecule has 10 heteroatoms. The molecule has 0 fully saturated rings. The zero-order valence-corrected chi connectivity index (χ0v) is 14.5. The summed E-state index contributed by atoms with van der Waals surface area (Å²) in [5.41, 5.74) is -1.34. The molecule has 2 N–H and O–H groups in total. The van der Waals surface area contributed by atoms with Crippen LogP contribution in [0.4, 0.5) is 5.69 Å². The summed E-state index contributed by atoms with van der Waals surface area (Å²) in [4.78, 5) is 20.9. The number of carboxylic acids is 1. The van der Waals surface area contributed by atoms with Crippen molar-refractivity contribution in [2.24, 2.45) is 0 Å². The van der Waals surface area contributed by atoms with E-state index in [4.69, 9.17) is 4.74 Å². The van der Waals surface area contributed by atoms with Gasteiger partial charge in [0.25, 0.3) is 5.69 Å². The van der Waals surface area contributed by atoms with Crippen LogP contribution < -0.4 is 4.72 Å². The highest BCUT2D eigenvalue weighted by molar-refractivity contribution is 7.89. The molecule has 1 aromatic carbocycles. The molecule has 24 heavy (non-hydrogen) atoms. The van der Waals surface area contributed by atoms with Gasteiger partial charge in [-0.05, 0) is 33.8 Å². The minimum atomic E-state index is -4.43. The summed E-state index contributed by atoms with van der Waals surface area (Å²) in [5.74, 6) is -1.45. The van der Waals surface area contributed by atoms with Crippen LogP contribution in [0.2, 0.25) is 0 Å². The summed E-state index contributed by atoms with van der Waals surface area (Å²) in [5, 5.41) is 20.3. The molecule has 9 nitrogen and oxygen atoms in total. The second-order valence-electron chi connectivity index (χ2n) is 6.10. The maximum Gasteiger partial charge on any atom is 0.324 e. The quantitative estimate of drug-likeness (QED) is 0.556. The second-order valence-corrected chi connectivity index (χ2v) is 7.78. The van der Waals surface area contributed by atoms with E-state index >= 15 is 0 Å². The number of carboxylic acid groups (broad SMARTS) is 1. The number of rotatable bonds is 7. The zero-order chi connectivity index (χ0) is 18.7. The van der Waals surface area contributed by atoms with Crippen LogP contribution in [0.15, 0.2) is 29.2 Å². The number of hydrogen-bond donors (Lipinski definition) is 2. The average molecular weight is 360 g/mol. The lowest BCUT2D eigenvalue weighted by atomic mass is 10.1. The Morgan fingerprint density at radius 3 is 2.33 bits per heavy atom. The largest absolute Gasteiger partial charge is 0.480 e. The monoisotopic (exact) mass is 360 g/mol. The van der Waals surface area contributed by atoms with E-state index in [1.165, 1.54) is 19.1 Å². The average Bonchev–Trinajstić information content (AvgIpc) is 2.42. The van der Waals surface area contributed by atoms with Crippen molar-refractivity contribution in [1.82, 2.24) is 4.72 Å². The van der Waals surface area contributed by atoms with E-state index < -0.39 is 49.2 Å². The van der Waals surface area contributed by atoms with Crippen LogP contribution in [0, 0.1) is 10.1 Å². The summed E-state index contributed by atoms with van der Waals surface area (Å²) >= 11 is 0. The molecule has 134 valence electrons. The predicted molar refractivity (Wildman–Crippen MR) is 85.1 cm³/mol. The predicted octanol–water partition coefficient (Wildman–Crippen LogP) is 1.53. The van der Waals surface area contributed by atoms with Gasteiger partial charge in [-0.2, -0.15) is 4.72 Å². The number of hydrogen-bond acceptors (Lipinski definition) is 6. The summed E-state index contributed by atoms with van der Waals surface area (Å²) in [7, 11) is -4.43. The van der Waals surface area contributed by atoms with Crippen molar-refractivity contribution in [1.29, 1.82) is 0 Å². The Morgan fingerprint density at radius 1 is 1.33 bits per heavy atom. The molecule has 0 spiro atoms. The van der Waals surface area contributed by atoms with Crippen LogP contribution in [0.3, 0.4) is 0 Å². The Balaban J connectivity index is 3.19. The number of para-hydroxylation sites is 1. The van der Waals surface area contributed by atoms with Crippen molar-refractivity contribution in [3.05, 3.63) is 34.4 Å². The molecule has 0 aliphatic carbocycles. The molecule has 0 radical (unpaired) electrons. The number of aliphatic carboxylic acids is 1. The van der Waals surface area contributed by atoms with Gasteiger partial charge in [0.15, 0.2) is 4.90 Å². The lowest BCUT2D eigenvalue weighted by Crippen LogP contribution is -2.50. The number of nitro benzene ring substituents is 1. The van der Waals surface area contributed by atoms with Crippen LogP contribution in [0.1, 0.15) is 27.7 Å². The Hall–Kier alpha value is -2.04. The van der Waals surface area contributed by atoms with Gasteiger partial charge in [-0.1, -0.05) is 12.1 Å². The number of nitrogens with one attached hydrogen (secondary N) is 1. The number of nitrogens with zero attached hydrogens (tertiary/aromatic N) is 1. The fourth-order valence-corrected chi connectivity index (χ4v) is 3.47. The fourth-order valence-electron chi connectivity index (χ4n) is 2.04. The van der Waals surface area contributed by atoms with Crippen molar-refractivity contribution in [3.63, 3.8) is 0 Å². The molecule has 1 aromatic rings. The van der Waals surface area contributed by atoms with Gasteiger partial charge in [0.05, 0.1) is 16.6 Å². The van der Waals surface area contributed by atoms with Gasteiger partial charge in [0, 0.05) is 6.07 Å². The van der Waals surface area contributed by atoms with Gasteiger partial charge < -0.3 is 9.84 Å². The van der Waals surface area contributed by atoms with E-state index in [1.807, 2.05) is 4.72 Å². The standard InChI is InChI=1S/C14H20N2O7S/c1-9(23-14(2,3)4)12(13(17)18)15-24(21,22)11-8-6-5-7-10(11)16(19)20/h5-9,12,15H,1-4H3,(H,17,18)/t9-,12+/m0/s1. The Kier molecular flexibility index (Phi) is 6.04. The fraction of sp³-hybridized carbons (Fsp3) is 0.500. The Labute approximate surface area is 139 Å². The first-order valence-corrected chi connectivity index (χ1v) is 8.50. The van der Waals surface area contributed by atoms with E-state index in [2.05, 4.69) is 0 Å². The van der Waals surface area contributed by atoms with E-state index in [0.717, 1.165) is 12.1 Å². The molecule has 0 amide bonds. The normalized spacial score (nSPS) is 14.8. The third kappa shape index (κ3) is 5.25. The minimum absolute atomic E-state index is 0.607. The van der Waals surface area contributed by atoms with Crippen molar-refractivity contribution in [3.8, 4) is 0 Å². The molecule has 0 bridgehead atoms. The molecule has 0 aromatic heterocycles. The first-order chi connectivity index (χ1) is 10.8. The van der Waals surface area contributed by atoms with E-state index in [1.54, 1.807) is 20.8 Å². The lowest BCUT2D eigenvalue weighted by molar-refractivity contribution is -0.387. The molecule has 0 aliphatic heterocycles. The van der Waals surface area contributed by atoms with Crippen molar-refractivity contribution in [2.75, 3.05) is 0 Å². The number of carbonyl (C=O) groups is 1. The van der Waals surface area contributed by atoms with Gasteiger partial charge in [-0.15, -0.1) is 0 Å². The van der Waals surface area contributed by atoms with Gasteiger partial charge >= 0.3 is 5.97 Å². The first kappa shape index (κ1) is 20.0. The Morgan fingerprint density at radius 2 is 1.88 bits per heavy atom. The van der Waals surface area contributed by atoms with E-state index in [0.29, 0.717) is 0 Å². The van der Waals surface area contributed by atoms with E-state index in [9.17, 15) is 28.4 Å². The number of nitro groups is 1. The molecular formula is C14H20N2O7S. The molecule has 0 saturated carbocycles. The molecule has 1 rings (SSSR count). The van der Waals surface area contributed by atoms with Crippen LogP contribution in [-0.4, -0.2) is 42.2 Å². The Bertz CT molecular complexity index is 725. The van der Waals surface area contributed by atoms with Crippen LogP contribution in [-0.2, 0) is 19.6 Å². The molecule has 0 aliphatic rings. The molecule has 2 atom stereocenters. The molecule has 0 saturated heterocycles. The summed E-state index contributed by atoms with van der Waals surface area (Å²) < 4.78 is 32.3. The highest BCUT2D eigenvalue weighted by Gasteiger charge is 2.35. The molecule has 0 unspecified atom stereocenters. The highest BCUT2D eigenvalue weighted by atomic mass is 32.2. The van der Waals surface area contributed by atoms with Gasteiger partial charge in [0.1, 0.15) is 6.04 Å². The smallest absolute Gasteiger partial charge is 0.324 e. The molecular weight excluding hydrogens is 340 g/mol. The third-order valence-corrected chi connectivity index (χ3v) is 4.40. The third-order valence-electron chi connectivity index (χ3n) is 2.91. The number of sulfonamides is 1. The first-order valence-electron chi connectivity index (χ1n) is 7.01. The number of benzene rings is 1. The minimum Gasteiger partial charge on any atom is -0.480 e. The van der Waals surface area contributed by atoms with Gasteiger partial charge in [0.2, 0.25) is 10.0 Å². The van der Waals surface area contributed by atoms with Crippen molar-refractivity contribution < 1.29 is 28.0 Å². The summed E-state index contributed by atoms with van der Waals surface area (Å²) in [6.45, 7) is 6.49. The van der Waals surface area contributed by atoms with Crippen molar-refractivity contribution in [2.45, 2.75) is 50.3 Å². The maximum absolute atomic E-state index is 12.4. The molecule has 0 heterocycles. The number of ether oxygens (including phenoxy) is 1. The van der Waals surface area contributed by atoms with Crippen LogP contribution >= 0.6 is 0 Å². The zero-order valence-electron chi connectivity index (χ0n) is 13.7. The van der Waals surface area contributed by atoms with Crippen LogP contribution in [0.25, 0.3) is 0 Å². The summed E-state index contributed by atoms with van der Waals surface area (Å²) in [6.07, 6.45) is -1.000. The lowest BCUT2D eigenvalue weighted by Gasteiger charge is -2.29. The van der Waals surface area contributed by atoms with Crippen molar-refractivity contribution >= 4 is 21.7 Å². The van der Waals surface area contributed by atoms with Gasteiger partial charge in [-0.25, -0.2) is 8.42 Å². The summed E-state index contributed by atoms with van der Waals surface area (Å²) in [6, 6.07) is 3.09. The SMILES string of the molecule is C[C@H](OC(C)(C)C)[C@@H](NS(=O)(=O)c1ccccc1[N+](=O)[O-])C(=O)O. The van der Waals surface area contributed by atoms with Gasteiger partial charge in [-0.3, -0.25) is 14.9 Å². The second kappa shape index (κ2) is 7.24.